The summed E-state index contributed by atoms with van der Waals surface area (Å²) in [5.74, 6) is 7.10. The molecule has 0 bridgehead atoms. The molecule has 0 fully saturated rings. The number of rotatable bonds is 6. The molecule has 0 spiro atoms. The van der Waals surface area contributed by atoms with E-state index in [0.717, 1.165) is 23.6 Å². The molecular formula is C25H27N. The molecule has 0 unspecified atom stereocenters. The summed E-state index contributed by atoms with van der Waals surface area (Å²) in [7, 11) is 0. The zero-order valence-corrected chi connectivity index (χ0v) is 16.0. The second-order valence-electron chi connectivity index (χ2n) is 7.19. The number of hydrogen-bond donors (Lipinski definition) is 0. The first-order valence-corrected chi connectivity index (χ1v) is 9.47. The Hall–Kier alpha value is -2.72. The lowest BCUT2D eigenvalue weighted by Crippen LogP contribution is -1.91. The first kappa shape index (κ1) is 18.1. The predicted molar refractivity (Wildman–Crippen MR) is 112 cm³/mol. The Morgan fingerprint density at radius 2 is 1.77 bits per heavy atom. The summed E-state index contributed by atoms with van der Waals surface area (Å²) in [6.45, 7) is 6.48. The smallest absolute Gasteiger partial charge is 0.0504 e. The van der Waals surface area contributed by atoms with Gasteiger partial charge in [0.2, 0.25) is 0 Å². The van der Waals surface area contributed by atoms with Crippen LogP contribution in [-0.2, 0) is 6.42 Å². The summed E-state index contributed by atoms with van der Waals surface area (Å²) >= 11 is 0. The maximum atomic E-state index is 3.27. The molecule has 3 rings (SSSR count). The van der Waals surface area contributed by atoms with Gasteiger partial charge in [0, 0.05) is 23.6 Å². The number of benzene rings is 2. The molecule has 0 atom stereocenters. The Labute approximate surface area is 157 Å². The summed E-state index contributed by atoms with van der Waals surface area (Å²) in [6.07, 6.45) is 7.99. The van der Waals surface area contributed by atoms with Crippen LogP contribution in [0, 0.1) is 17.8 Å². The second kappa shape index (κ2) is 8.59. The Morgan fingerprint density at radius 1 is 0.962 bits per heavy atom. The summed E-state index contributed by atoms with van der Waals surface area (Å²) in [5.41, 5.74) is 6.10. The third-order valence-electron chi connectivity index (χ3n) is 4.63. The molecule has 0 saturated heterocycles. The highest BCUT2D eigenvalue weighted by Gasteiger charge is 2.09. The number of nitrogens with zero attached hydrogens (tertiary/aromatic N) is 1. The summed E-state index contributed by atoms with van der Waals surface area (Å²) in [4.78, 5) is 0. The summed E-state index contributed by atoms with van der Waals surface area (Å²) in [6, 6.07) is 19.3. The molecule has 0 saturated carbocycles. The molecule has 26 heavy (non-hydrogen) atoms. The van der Waals surface area contributed by atoms with Gasteiger partial charge in [0.15, 0.2) is 0 Å². The van der Waals surface area contributed by atoms with Crippen molar-refractivity contribution in [1.29, 1.82) is 0 Å². The maximum Gasteiger partial charge on any atom is 0.0504 e. The Balaban J connectivity index is 1.92. The van der Waals surface area contributed by atoms with E-state index in [2.05, 4.69) is 91.2 Å². The quantitative estimate of drug-likeness (QED) is 0.451. The van der Waals surface area contributed by atoms with E-state index in [9.17, 15) is 0 Å². The van der Waals surface area contributed by atoms with Crippen LogP contribution >= 0.6 is 0 Å². The van der Waals surface area contributed by atoms with Crippen molar-refractivity contribution in [3.63, 3.8) is 0 Å². The van der Waals surface area contributed by atoms with Gasteiger partial charge in [0.05, 0.1) is 5.56 Å². The molecule has 0 aliphatic heterocycles. The molecule has 1 nitrogen and oxygen atoms in total. The monoisotopic (exact) mass is 341 g/mol. The van der Waals surface area contributed by atoms with Crippen LogP contribution in [0.2, 0.25) is 0 Å². The van der Waals surface area contributed by atoms with Crippen LogP contribution in [0.25, 0.3) is 16.8 Å². The largest absolute Gasteiger partial charge is 0.322 e. The van der Waals surface area contributed by atoms with E-state index in [0.29, 0.717) is 0 Å². The molecular weight excluding hydrogens is 314 g/mol. The van der Waals surface area contributed by atoms with Crippen LogP contribution in [0.4, 0.5) is 0 Å². The molecule has 0 radical (unpaired) electrons. The predicted octanol–water partition coefficient (Wildman–Crippen LogP) is 6.49. The first-order chi connectivity index (χ1) is 12.7. The van der Waals surface area contributed by atoms with Crippen LogP contribution in [0.15, 0.2) is 67.0 Å². The standard InChI is InChI=1S/C25H27N/c1-4-10-23-18-26(24-15-6-5-7-16-24)19-25(23)22-14-9-13-21(17-22)12-8-11-20(2)3/h5-7,9,13-20H,8,11-12H2,1-3H3. The van der Waals surface area contributed by atoms with Crippen molar-refractivity contribution in [3.8, 4) is 28.7 Å². The third-order valence-corrected chi connectivity index (χ3v) is 4.63. The molecule has 0 N–H and O–H groups in total. The zero-order valence-electron chi connectivity index (χ0n) is 16.0. The van der Waals surface area contributed by atoms with E-state index in [-0.39, 0.29) is 0 Å². The molecule has 0 aliphatic rings. The van der Waals surface area contributed by atoms with Gasteiger partial charge in [-0.15, -0.1) is 5.92 Å². The van der Waals surface area contributed by atoms with Gasteiger partial charge in [0.1, 0.15) is 0 Å². The van der Waals surface area contributed by atoms with Crippen molar-refractivity contribution in [2.45, 2.75) is 40.0 Å². The van der Waals surface area contributed by atoms with Crippen molar-refractivity contribution in [3.05, 3.63) is 78.1 Å². The van der Waals surface area contributed by atoms with Gasteiger partial charge in [-0.2, -0.15) is 0 Å². The van der Waals surface area contributed by atoms with Crippen LogP contribution in [0.3, 0.4) is 0 Å². The van der Waals surface area contributed by atoms with Crippen molar-refractivity contribution in [2.75, 3.05) is 0 Å². The number of hydrogen-bond acceptors (Lipinski definition) is 0. The lowest BCUT2D eigenvalue weighted by molar-refractivity contribution is 0.556. The molecule has 2 aromatic carbocycles. The van der Waals surface area contributed by atoms with Crippen molar-refractivity contribution in [2.24, 2.45) is 5.92 Å². The highest BCUT2D eigenvalue weighted by molar-refractivity contribution is 5.72. The van der Waals surface area contributed by atoms with Crippen LogP contribution in [0.1, 0.15) is 44.7 Å². The van der Waals surface area contributed by atoms with E-state index in [1.165, 1.54) is 29.5 Å². The molecule has 0 aliphatic carbocycles. The van der Waals surface area contributed by atoms with E-state index < -0.39 is 0 Å². The minimum absolute atomic E-state index is 0.768. The van der Waals surface area contributed by atoms with Gasteiger partial charge in [0.25, 0.3) is 0 Å². The fourth-order valence-corrected chi connectivity index (χ4v) is 3.28. The van der Waals surface area contributed by atoms with Gasteiger partial charge in [-0.25, -0.2) is 0 Å². The highest BCUT2D eigenvalue weighted by atomic mass is 14.9. The van der Waals surface area contributed by atoms with E-state index in [1.807, 2.05) is 13.0 Å². The minimum atomic E-state index is 0.768. The summed E-state index contributed by atoms with van der Waals surface area (Å²) < 4.78 is 2.17. The SMILES string of the molecule is CC#Cc1cn(-c2ccccc2)cc1-c1cccc(CCCC(C)C)c1. The maximum absolute atomic E-state index is 3.27. The topological polar surface area (TPSA) is 4.93 Å². The fourth-order valence-electron chi connectivity index (χ4n) is 3.28. The van der Waals surface area contributed by atoms with Gasteiger partial charge in [-0.1, -0.05) is 68.7 Å². The molecule has 1 heterocycles. The average molecular weight is 341 g/mol. The first-order valence-electron chi connectivity index (χ1n) is 9.47. The Bertz CT molecular complexity index is 904. The molecule has 1 heteroatoms. The molecule has 132 valence electrons. The van der Waals surface area contributed by atoms with Gasteiger partial charge < -0.3 is 4.57 Å². The van der Waals surface area contributed by atoms with E-state index >= 15 is 0 Å². The minimum Gasteiger partial charge on any atom is -0.322 e. The second-order valence-corrected chi connectivity index (χ2v) is 7.19. The Morgan fingerprint density at radius 3 is 2.50 bits per heavy atom. The van der Waals surface area contributed by atoms with Crippen LogP contribution in [-0.4, -0.2) is 4.57 Å². The summed E-state index contributed by atoms with van der Waals surface area (Å²) in [5, 5.41) is 0. The lowest BCUT2D eigenvalue weighted by atomic mass is 9.98. The average Bonchev–Trinajstić information content (AvgIpc) is 3.07. The molecule has 3 aromatic rings. The van der Waals surface area contributed by atoms with E-state index in [1.54, 1.807) is 0 Å². The van der Waals surface area contributed by atoms with Crippen LogP contribution < -0.4 is 0 Å². The number of para-hydroxylation sites is 1. The third kappa shape index (κ3) is 4.46. The highest BCUT2D eigenvalue weighted by Crippen LogP contribution is 2.27. The van der Waals surface area contributed by atoms with Gasteiger partial charge in [-0.3, -0.25) is 0 Å². The van der Waals surface area contributed by atoms with E-state index in [4.69, 9.17) is 0 Å². The zero-order chi connectivity index (χ0) is 18.4. The Kier molecular flexibility index (Phi) is 5.97. The van der Waals surface area contributed by atoms with Crippen molar-refractivity contribution >= 4 is 0 Å². The van der Waals surface area contributed by atoms with Gasteiger partial charge >= 0.3 is 0 Å². The van der Waals surface area contributed by atoms with Gasteiger partial charge in [-0.05, 0) is 48.9 Å². The van der Waals surface area contributed by atoms with Crippen LogP contribution in [0.5, 0.6) is 0 Å². The molecule has 1 aromatic heterocycles. The number of aryl methyl sites for hydroxylation is 1. The number of aromatic nitrogens is 1. The van der Waals surface area contributed by atoms with Crippen molar-refractivity contribution in [1.82, 2.24) is 4.57 Å². The van der Waals surface area contributed by atoms with Crippen molar-refractivity contribution < 1.29 is 0 Å². The molecule has 0 amide bonds. The normalized spacial score (nSPS) is 10.6. The fraction of sp³-hybridized carbons (Fsp3) is 0.280. The lowest BCUT2D eigenvalue weighted by Gasteiger charge is -2.07.